The zero-order valence-electron chi connectivity index (χ0n) is 9.86. The number of rotatable bonds is 5. The molecule has 2 atom stereocenters. The fourth-order valence-corrected chi connectivity index (χ4v) is 1.81. The Morgan fingerprint density at radius 1 is 1.33 bits per heavy atom. The van der Waals surface area contributed by atoms with E-state index in [0.717, 1.165) is 25.9 Å². The molecule has 2 unspecified atom stereocenters. The Morgan fingerprint density at radius 2 is 1.93 bits per heavy atom. The molecular formula is C11H21NO3. The first-order valence-electron chi connectivity index (χ1n) is 5.71. The molecule has 4 heteroatoms. The van der Waals surface area contributed by atoms with Crippen LogP contribution in [0.1, 0.15) is 33.6 Å². The zero-order chi connectivity index (χ0) is 11.3. The van der Waals surface area contributed by atoms with E-state index >= 15 is 0 Å². The van der Waals surface area contributed by atoms with Gasteiger partial charge in [-0.3, -0.25) is 4.79 Å². The van der Waals surface area contributed by atoms with E-state index in [0.29, 0.717) is 6.61 Å². The van der Waals surface area contributed by atoms with Crippen LogP contribution in [-0.2, 0) is 14.3 Å². The molecule has 0 aromatic heterocycles. The van der Waals surface area contributed by atoms with E-state index in [1.165, 1.54) is 0 Å². The van der Waals surface area contributed by atoms with Gasteiger partial charge in [0.1, 0.15) is 6.10 Å². The predicted molar refractivity (Wildman–Crippen MR) is 57.4 cm³/mol. The number of carbonyl (C=O) groups is 1. The molecule has 1 aliphatic rings. The number of nitrogens with zero attached hydrogens (tertiary/aromatic N) is 1. The Labute approximate surface area is 91.5 Å². The van der Waals surface area contributed by atoms with Gasteiger partial charge in [-0.25, -0.2) is 0 Å². The standard InChI is InChI=1S/C11H21NO3/c1-4-14-10(3)15-9(2)11(13)12-7-5-6-8-12/h9-10H,4-8H2,1-3H3. The van der Waals surface area contributed by atoms with Gasteiger partial charge in [0.05, 0.1) is 0 Å². The Bertz CT molecular complexity index is 202. The topological polar surface area (TPSA) is 38.8 Å². The maximum absolute atomic E-state index is 11.8. The first-order chi connectivity index (χ1) is 7.15. The van der Waals surface area contributed by atoms with Gasteiger partial charge in [0.25, 0.3) is 5.91 Å². The van der Waals surface area contributed by atoms with Crippen molar-refractivity contribution in [3.05, 3.63) is 0 Å². The van der Waals surface area contributed by atoms with Crippen molar-refractivity contribution < 1.29 is 14.3 Å². The van der Waals surface area contributed by atoms with Crippen LogP contribution in [0.2, 0.25) is 0 Å². The Hall–Kier alpha value is -0.610. The van der Waals surface area contributed by atoms with Crippen molar-refractivity contribution in [3.8, 4) is 0 Å². The lowest BCUT2D eigenvalue weighted by atomic mass is 10.3. The van der Waals surface area contributed by atoms with Crippen LogP contribution in [0, 0.1) is 0 Å². The fourth-order valence-electron chi connectivity index (χ4n) is 1.81. The maximum Gasteiger partial charge on any atom is 0.251 e. The molecule has 0 aromatic rings. The minimum atomic E-state index is -0.398. The van der Waals surface area contributed by atoms with Gasteiger partial charge in [-0.05, 0) is 33.6 Å². The molecule has 4 nitrogen and oxygen atoms in total. The Balaban J connectivity index is 2.31. The number of carbonyl (C=O) groups excluding carboxylic acids is 1. The van der Waals surface area contributed by atoms with Crippen LogP contribution in [0.5, 0.6) is 0 Å². The van der Waals surface area contributed by atoms with E-state index in [1.54, 1.807) is 6.92 Å². The van der Waals surface area contributed by atoms with Crippen LogP contribution in [0.25, 0.3) is 0 Å². The van der Waals surface area contributed by atoms with Crippen molar-refractivity contribution in [3.63, 3.8) is 0 Å². The van der Waals surface area contributed by atoms with Gasteiger partial charge in [-0.1, -0.05) is 0 Å². The average molecular weight is 215 g/mol. The first kappa shape index (κ1) is 12.5. The van der Waals surface area contributed by atoms with Crippen LogP contribution in [0.15, 0.2) is 0 Å². The molecule has 0 aromatic carbocycles. The molecule has 88 valence electrons. The number of ether oxygens (including phenoxy) is 2. The van der Waals surface area contributed by atoms with E-state index in [9.17, 15) is 4.79 Å². The van der Waals surface area contributed by atoms with Gasteiger partial charge in [-0.15, -0.1) is 0 Å². The molecule has 0 N–H and O–H groups in total. The number of likely N-dealkylation sites (tertiary alicyclic amines) is 1. The highest BCUT2D eigenvalue weighted by Crippen LogP contribution is 2.11. The van der Waals surface area contributed by atoms with Gasteiger partial charge in [0.15, 0.2) is 6.29 Å². The molecule has 1 amide bonds. The van der Waals surface area contributed by atoms with E-state index in [-0.39, 0.29) is 12.2 Å². The van der Waals surface area contributed by atoms with Crippen LogP contribution in [-0.4, -0.2) is 42.9 Å². The molecular weight excluding hydrogens is 194 g/mol. The lowest BCUT2D eigenvalue weighted by Gasteiger charge is -2.23. The summed E-state index contributed by atoms with van der Waals surface area (Å²) in [4.78, 5) is 13.7. The molecule has 0 spiro atoms. The maximum atomic E-state index is 11.8. The van der Waals surface area contributed by atoms with E-state index in [4.69, 9.17) is 9.47 Å². The predicted octanol–water partition coefficient (Wildman–Crippen LogP) is 1.40. The summed E-state index contributed by atoms with van der Waals surface area (Å²) in [5, 5.41) is 0. The summed E-state index contributed by atoms with van der Waals surface area (Å²) in [5.41, 5.74) is 0. The highest BCUT2D eigenvalue weighted by atomic mass is 16.7. The molecule has 0 bridgehead atoms. The first-order valence-corrected chi connectivity index (χ1v) is 5.71. The van der Waals surface area contributed by atoms with Gasteiger partial charge in [0, 0.05) is 19.7 Å². The number of amides is 1. The highest BCUT2D eigenvalue weighted by molar-refractivity contribution is 5.80. The summed E-state index contributed by atoms with van der Waals surface area (Å²) in [7, 11) is 0. The van der Waals surface area contributed by atoms with Crippen molar-refractivity contribution in [1.29, 1.82) is 0 Å². The molecule has 1 saturated heterocycles. The van der Waals surface area contributed by atoms with Crippen molar-refractivity contribution >= 4 is 5.91 Å². The van der Waals surface area contributed by atoms with Crippen LogP contribution < -0.4 is 0 Å². The summed E-state index contributed by atoms with van der Waals surface area (Å²) in [6.45, 7) is 7.86. The monoisotopic (exact) mass is 215 g/mol. The van der Waals surface area contributed by atoms with Crippen molar-refractivity contribution in [1.82, 2.24) is 4.90 Å². The van der Waals surface area contributed by atoms with Crippen LogP contribution >= 0.6 is 0 Å². The van der Waals surface area contributed by atoms with Crippen molar-refractivity contribution in [2.45, 2.75) is 46.0 Å². The molecule has 1 rings (SSSR count). The number of hydrogen-bond acceptors (Lipinski definition) is 3. The summed E-state index contributed by atoms with van der Waals surface area (Å²) in [6.07, 6.45) is 1.51. The molecule has 0 aliphatic carbocycles. The number of hydrogen-bond donors (Lipinski definition) is 0. The summed E-state index contributed by atoms with van der Waals surface area (Å²) >= 11 is 0. The third-order valence-corrected chi connectivity index (χ3v) is 2.56. The third-order valence-electron chi connectivity index (χ3n) is 2.56. The second kappa shape index (κ2) is 6.08. The average Bonchev–Trinajstić information content (AvgIpc) is 2.69. The molecule has 15 heavy (non-hydrogen) atoms. The lowest BCUT2D eigenvalue weighted by Crippen LogP contribution is -2.38. The van der Waals surface area contributed by atoms with Gasteiger partial charge in [0.2, 0.25) is 0 Å². The Morgan fingerprint density at radius 3 is 2.47 bits per heavy atom. The zero-order valence-corrected chi connectivity index (χ0v) is 9.86. The third kappa shape index (κ3) is 3.80. The van der Waals surface area contributed by atoms with E-state index in [2.05, 4.69) is 0 Å². The van der Waals surface area contributed by atoms with Crippen molar-refractivity contribution in [2.24, 2.45) is 0 Å². The minimum absolute atomic E-state index is 0.0825. The fraction of sp³-hybridized carbons (Fsp3) is 0.909. The van der Waals surface area contributed by atoms with E-state index < -0.39 is 6.10 Å². The molecule has 1 aliphatic heterocycles. The normalized spacial score (nSPS) is 20.3. The molecule has 0 radical (unpaired) electrons. The van der Waals surface area contributed by atoms with Gasteiger partial charge >= 0.3 is 0 Å². The summed E-state index contributed by atoms with van der Waals surface area (Å²) in [5.74, 6) is 0.0825. The van der Waals surface area contributed by atoms with Crippen LogP contribution in [0.4, 0.5) is 0 Å². The molecule has 1 heterocycles. The largest absolute Gasteiger partial charge is 0.353 e. The highest BCUT2D eigenvalue weighted by Gasteiger charge is 2.24. The quantitative estimate of drug-likeness (QED) is 0.651. The second-order valence-corrected chi connectivity index (χ2v) is 3.83. The van der Waals surface area contributed by atoms with Gasteiger partial charge < -0.3 is 14.4 Å². The minimum Gasteiger partial charge on any atom is -0.353 e. The van der Waals surface area contributed by atoms with Crippen molar-refractivity contribution in [2.75, 3.05) is 19.7 Å². The lowest BCUT2D eigenvalue weighted by molar-refractivity contribution is -0.174. The summed E-state index contributed by atoms with van der Waals surface area (Å²) < 4.78 is 10.7. The molecule has 0 saturated carbocycles. The smallest absolute Gasteiger partial charge is 0.251 e. The molecule has 1 fully saturated rings. The van der Waals surface area contributed by atoms with Crippen LogP contribution in [0.3, 0.4) is 0 Å². The SMILES string of the molecule is CCOC(C)OC(C)C(=O)N1CCCC1. The van der Waals surface area contributed by atoms with E-state index in [1.807, 2.05) is 18.7 Å². The summed E-state index contributed by atoms with van der Waals surface area (Å²) in [6, 6.07) is 0. The Kier molecular flexibility index (Phi) is 5.05. The van der Waals surface area contributed by atoms with Gasteiger partial charge in [-0.2, -0.15) is 0 Å². The second-order valence-electron chi connectivity index (χ2n) is 3.83.